The van der Waals surface area contributed by atoms with Gasteiger partial charge in [0, 0.05) is 17.7 Å². The largest absolute Gasteiger partial charge is 0.460 e. The molecule has 0 radical (unpaired) electrons. The third-order valence-corrected chi connectivity index (χ3v) is 4.51. The first-order valence-corrected chi connectivity index (χ1v) is 8.51. The Morgan fingerprint density at radius 3 is 2.72 bits per heavy atom. The summed E-state index contributed by atoms with van der Waals surface area (Å²) in [6, 6.07) is 7.09. The Kier molecular flexibility index (Phi) is 4.75. The number of fused-ring (bicyclic) bond motifs is 1. The van der Waals surface area contributed by atoms with Crippen molar-refractivity contribution in [2.75, 3.05) is 6.61 Å². The highest BCUT2D eigenvalue weighted by Crippen LogP contribution is 2.09. The molecule has 0 aliphatic heterocycles. The highest BCUT2D eigenvalue weighted by Gasteiger charge is 2.14. The van der Waals surface area contributed by atoms with E-state index in [1.54, 1.807) is 29.8 Å². The van der Waals surface area contributed by atoms with Gasteiger partial charge in [0.1, 0.15) is 6.61 Å². The van der Waals surface area contributed by atoms with Crippen molar-refractivity contribution in [1.29, 1.82) is 0 Å². The fourth-order valence-corrected chi connectivity index (χ4v) is 3.05. The van der Waals surface area contributed by atoms with Crippen LogP contribution in [0, 0.1) is 3.57 Å². The average Bonchev–Trinajstić information content (AvgIpc) is 3.02. The van der Waals surface area contributed by atoms with Crippen LogP contribution in [0.5, 0.6) is 0 Å². The first kappa shape index (κ1) is 17.4. The van der Waals surface area contributed by atoms with Crippen molar-refractivity contribution < 1.29 is 9.53 Å². The molecule has 3 rings (SSSR count). The summed E-state index contributed by atoms with van der Waals surface area (Å²) < 4.78 is 10.1. The summed E-state index contributed by atoms with van der Waals surface area (Å²) in [5, 5.41) is 0. The second kappa shape index (κ2) is 6.82. The number of nitrogens with zero attached hydrogens (tertiary/aromatic N) is 4. The molecule has 0 amide bonds. The molecule has 25 heavy (non-hydrogen) atoms. The Morgan fingerprint density at radius 1 is 1.24 bits per heavy atom. The SMILES string of the molecule is Cn1c(=O)c2c(ncn2CCOC(=O)c2cccc(I)c2)n(C)c1=O. The molecule has 0 aliphatic rings. The lowest BCUT2D eigenvalue weighted by Crippen LogP contribution is -2.37. The van der Waals surface area contributed by atoms with E-state index < -0.39 is 17.2 Å². The number of carbonyl (C=O) groups is 1. The number of carbonyl (C=O) groups excluding carboxylic acids is 1. The van der Waals surface area contributed by atoms with Crippen molar-refractivity contribution in [3.63, 3.8) is 0 Å². The van der Waals surface area contributed by atoms with Crippen molar-refractivity contribution in [2.24, 2.45) is 14.1 Å². The predicted molar refractivity (Wildman–Crippen MR) is 99.7 cm³/mol. The number of rotatable bonds is 4. The number of benzene rings is 1. The third-order valence-electron chi connectivity index (χ3n) is 3.84. The van der Waals surface area contributed by atoms with Gasteiger partial charge in [0.25, 0.3) is 5.56 Å². The van der Waals surface area contributed by atoms with Crippen molar-refractivity contribution in [1.82, 2.24) is 18.7 Å². The topological polar surface area (TPSA) is 88.1 Å². The fourth-order valence-electron chi connectivity index (χ4n) is 2.50. The predicted octanol–water partition coefficient (Wildman–Crippen LogP) is 0.895. The quantitative estimate of drug-likeness (QED) is 0.432. The molecule has 0 saturated heterocycles. The van der Waals surface area contributed by atoms with Crippen LogP contribution >= 0.6 is 22.6 Å². The number of hydrogen-bond acceptors (Lipinski definition) is 5. The Hall–Kier alpha value is -2.43. The van der Waals surface area contributed by atoms with Crippen LogP contribution in [-0.2, 0) is 25.4 Å². The maximum absolute atomic E-state index is 12.3. The van der Waals surface area contributed by atoms with Gasteiger partial charge >= 0.3 is 11.7 Å². The third kappa shape index (κ3) is 3.23. The number of aryl methyl sites for hydroxylation is 1. The number of esters is 1. The lowest BCUT2D eigenvalue weighted by Gasteiger charge is -2.08. The molecule has 3 aromatic rings. The number of aromatic nitrogens is 4. The maximum atomic E-state index is 12.3. The zero-order valence-electron chi connectivity index (χ0n) is 13.6. The number of imidazole rings is 1. The van der Waals surface area contributed by atoms with E-state index in [1.807, 2.05) is 6.07 Å². The van der Waals surface area contributed by atoms with Gasteiger partial charge in [-0.25, -0.2) is 14.6 Å². The van der Waals surface area contributed by atoms with E-state index in [-0.39, 0.29) is 13.2 Å². The molecule has 2 heterocycles. The summed E-state index contributed by atoms with van der Waals surface area (Å²) in [5.74, 6) is -0.428. The number of halogens is 1. The zero-order valence-corrected chi connectivity index (χ0v) is 15.8. The summed E-state index contributed by atoms with van der Waals surface area (Å²) in [6.07, 6.45) is 1.46. The average molecular weight is 454 g/mol. The summed E-state index contributed by atoms with van der Waals surface area (Å²) >= 11 is 2.12. The van der Waals surface area contributed by atoms with Gasteiger partial charge in [-0.15, -0.1) is 0 Å². The molecule has 9 heteroatoms. The lowest BCUT2D eigenvalue weighted by molar-refractivity contribution is 0.0492. The second-order valence-electron chi connectivity index (χ2n) is 5.46. The van der Waals surface area contributed by atoms with Crippen molar-refractivity contribution >= 4 is 39.7 Å². The molecule has 0 unspecified atom stereocenters. The highest BCUT2D eigenvalue weighted by atomic mass is 127. The van der Waals surface area contributed by atoms with Gasteiger partial charge in [-0.1, -0.05) is 6.07 Å². The van der Waals surface area contributed by atoms with Crippen LogP contribution in [0.25, 0.3) is 11.2 Å². The zero-order chi connectivity index (χ0) is 18.1. The number of hydrogen-bond donors (Lipinski definition) is 0. The Labute approximate surface area is 155 Å². The van der Waals surface area contributed by atoms with Gasteiger partial charge < -0.3 is 9.30 Å². The van der Waals surface area contributed by atoms with Crippen molar-refractivity contribution in [2.45, 2.75) is 6.54 Å². The van der Waals surface area contributed by atoms with Gasteiger partial charge in [0.05, 0.1) is 18.4 Å². The highest BCUT2D eigenvalue weighted by molar-refractivity contribution is 14.1. The standard InChI is InChI=1S/C16H15IN4O4/c1-19-13-12(14(22)20(2)16(19)24)21(9-18-13)6-7-25-15(23)10-4-3-5-11(17)8-10/h3-5,8-9H,6-7H2,1-2H3. The van der Waals surface area contributed by atoms with E-state index >= 15 is 0 Å². The van der Waals surface area contributed by atoms with E-state index in [2.05, 4.69) is 27.6 Å². The Morgan fingerprint density at radius 2 is 2.00 bits per heavy atom. The normalized spacial score (nSPS) is 11.0. The Balaban J connectivity index is 1.80. The molecule has 0 spiro atoms. The monoisotopic (exact) mass is 454 g/mol. The molecule has 130 valence electrons. The van der Waals surface area contributed by atoms with Crippen molar-refractivity contribution in [3.05, 3.63) is 60.6 Å². The summed E-state index contributed by atoms with van der Waals surface area (Å²) in [7, 11) is 2.97. The molecule has 0 fully saturated rings. The molecule has 8 nitrogen and oxygen atoms in total. The first-order valence-electron chi connectivity index (χ1n) is 7.43. The van der Waals surface area contributed by atoms with E-state index in [1.165, 1.54) is 17.9 Å². The van der Waals surface area contributed by atoms with E-state index in [0.29, 0.717) is 16.7 Å². The summed E-state index contributed by atoms with van der Waals surface area (Å²) in [4.78, 5) is 40.4. The Bertz CT molecular complexity index is 1080. The molecule has 1 aromatic carbocycles. The van der Waals surface area contributed by atoms with E-state index in [4.69, 9.17) is 4.74 Å². The summed E-state index contributed by atoms with van der Waals surface area (Å²) in [5.41, 5.74) is 0.208. The molecule has 0 N–H and O–H groups in total. The van der Waals surface area contributed by atoms with Crippen LogP contribution in [0.3, 0.4) is 0 Å². The molecule has 0 aliphatic carbocycles. The molecule has 0 saturated carbocycles. The molecular weight excluding hydrogens is 439 g/mol. The maximum Gasteiger partial charge on any atom is 0.338 e. The van der Waals surface area contributed by atoms with Crippen molar-refractivity contribution in [3.8, 4) is 0 Å². The van der Waals surface area contributed by atoms with Crippen LogP contribution < -0.4 is 11.2 Å². The number of ether oxygens (including phenoxy) is 1. The van der Waals surface area contributed by atoms with Crippen LogP contribution in [0.1, 0.15) is 10.4 Å². The van der Waals surface area contributed by atoms with Gasteiger partial charge in [-0.2, -0.15) is 0 Å². The first-order chi connectivity index (χ1) is 11.9. The van der Waals surface area contributed by atoms with E-state index in [0.717, 1.165) is 8.14 Å². The minimum atomic E-state index is -0.437. The van der Waals surface area contributed by atoms with Gasteiger partial charge in [-0.3, -0.25) is 13.9 Å². The minimum absolute atomic E-state index is 0.0851. The lowest BCUT2D eigenvalue weighted by atomic mass is 10.2. The van der Waals surface area contributed by atoms with Crippen LogP contribution in [0.4, 0.5) is 0 Å². The fraction of sp³-hybridized carbons (Fsp3) is 0.250. The molecular formula is C16H15IN4O4. The molecule has 0 atom stereocenters. The van der Waals surface area contributed by atoms with Gasteiger partial charge in [-0.05, 0) is 40.8 Å². The molecule has 2 aromatic heterocycles. The second-order valence-corrected chi connectivity index (χ2v) is 6.71. The minimum Gasteiger partial charge on any atom is -0.460 e. The van der Waals surface area contributed by atoms with Crippen LogP contribution in [0.2, 0.25) is 0 Å². The van der Waals surface area contributed by atoms with Gasteiger partial charge in [0.2, 0.25) is 0 Å². The molecule has 0 bridgehead atoms. The van der Waals surface area contributed by atoms with Crippen LogP contribution in [0.15, 0.2) is 40.2 Å². The smallest absolute Gasteiger partial charge is 0.338 e. The summed E-state index contributed by atoms with van der Waals surface area (Å²) in [6.45, 7) is 0.349. The van der Waals surface area contributed by atoms with E-state index in [9.17, 15) is 14.4 Å². The van der Waals surface area contributed by atoms with Gasteiger partial charge in [0.15, 0.2) is 11.2 Å². The van der Waals surface area contributed by atoms with Crippen LogP contribution in [-0.4, -0.2) is 31.3 Å².